The highest BCUT2D eigenvalue weighted by molar-refractivity contribution is 5.77. The van der Waals surface area contributed by atoms with Crippen molar-refractivity contribution in [2.45, 2.75) is 27.3 Å². The number of amides is 1. The number of aryl methyl sites for hydroxylation is 2. The quantitative estimate of drug-likeness (QED) is 0.574. The minimum Gasteiger partial charge on any atom is -0.494 e. The highest BCUT2D eigenvalue weighted by atomic mass is 16.5. The van der Waals surface area contributed by atoms with E-state index in [1.807, 2.05) is 63.2 Å². The summed E-state index contributed by atoms with van der Waals surface area (Å²) >= 11 is 0. The summed E-state index contributed by atoms with van der Waals surface area (Å²) in [4.78, 5) is 24.2. The molecule has 1 N–H and O–H groups in total. The van der Waals surface area contributed by atoms with Gasteiger partial charge in [-0.2, -0.15) is 5.10 Å². The Balaban J connectivity index is 1.54. The predicted octanol–water partition coefficient (Wildman–Crippen LogP) is 3.12. The van der Waals surface area contributed by atoms with Crippen molar-refractivity contribution in [3.63, 3.8) is 0 Å². The van der Waals surface area contributed by atoms with Crippen molar-refractivity contribution in [1.29, 1.82) is 0 Å². The number of benzene rings is 2. The van der Waals surface area contributed by atoms with Crippen LogP contribution in [0.1, 0.15) is 18.1 Å². The van der Waals surface area contributed by atoms with Gasteiger partial charge in [-0.3, -0.25) is 9.59 Å². The number of hydrogen-bond acceptors (Lipinski definition) is 5. The summed E-state index contributed by atoms with van der Waals surface area (Å²) in [6, 6.07) is 16.5. The van der Waals surface area contributed by atoms with Gasteiger partial charge in [0.15, 0.2) is 6.61 Å². The van der Waals surface area contributed by atoms with Gasteiger partial charge in [0.1, 0.15) is 11.5 Å². The van der Waals surface area contributed by atoms with Crippen LogP contribution in [0.2, 0.25) is 0 Å². The van der Waals surface area contributed by atoms with Gasteiger partial charge in [0, 0.05) is 18.2 Å². The minimum absolute atomic E-state index is 0.0849. The Morgan fingerprint density at radius 3 is 2.52 bits per heavy atom. The molecular formula is C24H27N3O4. The van der Waals surface area contributed by atoms with Crippen molar-refractivity contribution in [2.24, 2.45) is 0 Å². The summed E-state index contributed by atoms with van der Waals surface area (Å²) in [6.07, 6.45) is 0. The zero-order valence-corrected chi connectivity index (χ0v) is 18.1. The van der Waals surface area contributed by atoms with Crippen LogP contribution >= 0.6 is 0 Å². The Bertz CT molecular complexity index is 1090. The second-order valence-corrected chi connectivity index (χ2v) is 7.14. The lowest BCUT2D eigenvalue weighted by atomic mass is 10.1. The number of hydrogen-bond donors (Lipinski definition) is 1. The van der Waals surface area contributed by atoms with Gasteiger partial charge in [0.05, 0.1) is 18.8 Å². The van der Waals surface area contributed by atoms with Gasteiger partial charge in [-0.15, -0.1) is 0 Å². The van der Waals surface area contributed by atoms with Crippen LogP contribution in [-0.2, 0) is 11.3 Å². The molecular weight excluding hydrogens is 394 g/mol. The summed E-state index contributed by atoms with van der Waals surface area (Å²) in [5.74, 6) is 1.21. The van der Waals surface area contributed by atoms with Crippen LogP contribution in [0.3, 0.4) is 0 Å². The molecule has 0 fully saturated rings. The number of carbonyl (C=O) groups is 1. The number of nitrogens with zero attached hydrogens (tertiary/aromatic N) is 2. The monoisotopic (exact) mass is 421 g/mol. The van der Waals surface area contributed by atoms with Gasteiger partial charge in [0.25, 0.3) is 11.5 Å². The Morgan fingerprint density at radius 1 is 1.03 bits per heavy atom. The smallest absolute Gasteiger partial charge is 0.266 e. The molecule has 7 nitrogen and oxygen atoms in total. The summed E-state index contributed by atoms with van der Waals surface area (Å²) in [6.45, 7) is 6.93. The standard InChI is InChI=1S/C24H27N3O4/c1-4-30-20-8-6-19(7-9-20)21-10-12-24(29)27(26-21)14-13-25-23(28)16-31-22-11-5-17(2)15-18(22)3/h5-12,15H,4,13-14,16H2,1-3H3,(H,25,28). The molecule has 7 heteroatoms. The zero-order valence-electron chi connectivity index (χ0n) is 18.1. The highest BCUT2D eigenvalue weighted by Crippen LogP contribution is 2.20. The third-order valence-electron chi connectivity index (χ3n) is 4.66. The van der Waals surface area contributed by atoms with Crippen LogP contribution in [0.15, 0.2) is 59.4 Å². The second-order valence-electron chi connectivity index (χ2n) is 7.14. The van der Waals surface area contributed by atoms with Crippen LogP contribution in [-0.4, -0.2) is 35.4 Å². The second kappa shape index (κ2) is 10.4. The molecule has 0 aliphatic rings. The molecule has 162 valence electrons. The van der Waals surface area contributed by atoms with Crippen LogP contribution in [0.5, 0.6) is 11.5 Å². The van der Waals surface area contributed by atoms with Crippen molar-refractivity contribution in [3.05, 3.63) is 76.1 Å². The van der Waals surface area contributed by atoms with E-state index >= 15 is 0 Å². The molecule has 1 amide bonds. The molecule has 0 saturated heterocycles. The normalized spacial score (nSPS) is 10.5. The fraction of sp³-hybridized carbons (Fsp3) is 0.292. The van der Waals surface area contributed by atoms with E-state index in [9.17, 15) is 9.59 Å². The SMILES string of the molecule is CCOc1ccc(-c2ccc(=O)n(CCNC(=O)COc3ccc(C)cc3C)n2)cc1. The number of rotatable bonds is 9. The van der Waals surface area contributed by atoms with Crippen LogP contribution in [0.4, 0.5) is 0 Å². The van der Waals surface area contributed by atoms with Gasteiger partial charge in [0.2, 0.25) is 0 Å². The summed E-state index contributed by atoms with van der Waals surface area (Å²) in [5.41, 5.74) is 3.44. The fourth-order valence-electron chi connectivity index (χ4n) is 3.11. The van der Waals surface area contributed by atoms with Crippen LogP contribution in [0.25, 0.3) is 11.3 Å². The van der Waals surface area contributed by atoms with Crippen molar-refractivity contribution in [1.82, 2.24) is 15.1 Å². The topological polar surface area (TPSA) is 82.5 Å². The zero-order chi connectivity index (χ0) is 22.2. The van der Waals surface area contributed by atoms with Gasteiger partial charge in [-0.1, -0.05) is 17.7 Å². The third kappa shape index (κ3) is 6.18. The van der Waals surface area contributed by atoms with Crippen molar-refractivity contribution in [3.8, 4) is 22.8 Å². The largest absolute Gasteiger partial charge is 0.494 e. The molecule has 0 aliphatic heterocycles. The third-order valence-corrected chi connectivity index (χ3v) is 4.66. The van der Waals surface area contributed by atoms with Crippen molar-refractivity contribution >= 4 is 5.91 Å². The van der Waals surface area contributed by atoms with E-state index < -0.39 is 0 Å². The van der Waals surface area contributed by atoms with E-state index in [1.54, 1.807) is 6.07 Å². The molecule has 31 heavy (non-hydrogen) atoms. The Kier molecular flexibility index (Phi) is 7.43. The number of carbonyl (C=O) groups excluding carboxylic acids is 1. The van der Waals surface area contributed by atoms with Gasteiger partial charge < -0.3 is 14.8 Å². The van der Waals surface area contributed by atoms with E-state index in [1.165, 1.54) is 10.7 Å². The van der Waals surface area contributed by atoms with Crippen molar-refractivity contribution < 1.29 is 14.3 Å². The molecule has 1 aromatic heterocycles. The number of ether oxygens (including phenoxy) is 2. The predicted molar refractivity (Wildman–Crippen MR) is 120 cm³/mol. The molecule has 3 rings (SSSR count). The average Bonchev–Trinajstić information content (AvgIpc) is 2.75. The summed E-state index contributed by atoms with van der Waals surface area (Å²) in [5, 5.41) is 7.17. The minimum atomic E-state index is -0.254. The molecule has 0 radical (unpaired) electrons. The number of aromatic nitrogens is 2. The summed E-state index contributed by atoms with van der Waals surface area (Å²) in [7, 11) is 0. The van der Waals surface area contributed by atoms with Gasteiger partial charge in [-0.05, 0) is 62.7 Å². The Morgan fingerprint density at radius 2 is 1.81 bits per heavy atom. The molecule has 0 bridgehead atoms. The first-order chi connectivity index (χ1) is 15.0. The molecule has 0 aliphatic carbocycles. The molecule has 1 heterocycles. The maximum absolute atomic E-state index is 12.1. The molecule has 3 aromatic rings. The first-order valence-electron chi connectivity index (χ1n) is 10.2. The van der Waals surface area contributed by atoms with Crippen LogP contribution < -0.4 is 20.3 Å². The first kappa shape index (κ1) is 22.1. The van der Waals surface area contributed by atoms with Gasteiger partial charge >= 0.3 is 0 Å². The number of nitrogens with one attached hydrogen (secondary N) is 1. The Labute approximate surface area is 181 Å². The molecule has 2 aromatic carbocycles. The molecule has 0 spiro atoms. The van der Waals surface area contributed by atoms with E-state index in [0.717, 1.165) is 22.4 Å². The highest BCUT2D eigenvalue weighted by Gasteiger charge is 2.07. The van der Waals surface area contributed by atoms with Crippen LogP contribution in [0, 0.1) is 13.8 Å². The maximum atomic E-state index is 12.1. The summed E-state index contributed by atoms with van der Waals surface area (Å²) < 4.78 is 12.4. The molecule has 0 unspecified atom stereocenters. The first-order valence-corrected chi connectivity index (χ1v) is 10.2. The fourth-order valence-corrected chi connectivity index (χ4v) is 3.11. The molecule has 0 atom stereocenters. The maximum Gasteiger partial charge on any atom is 0.266 e. The van der Waals surface area contributed by atoms with E-state index in [0.29, 0.717) is 18.1 Å². The molecule has 0 saturated carbocycles. The lowest BCUT2D eigenvalue weighted by Crippen LogP contribution is -2.34. The lowest BCUT2D eigenvalue weighted by molar-refractivity contribution is -0.123. The van der Waals surface area contributed by atoms with Crippen molar-refractivity contribution in [2.75, 3.05) is 19.8 Å². The van der Waals surface area contributed by atoms with E-state index in [-0.39, 0.29) is 31.2 Å². The Hall–Kier alpha value is -3.61. The lowest BCUT2D eigenvalue weighted by Gasteiger charge is -2.11. The average molecular weight is 421 g/mol. The van der Waals surface area contributed by atoms with Gasteiger partial charge in [-0.25, -0.2) is 4.68 Å². The van der Waals surface area contributed by atoms with E-state index in [2.05, 4.69) is 10.4 Å². The van der Waals surface area contributed by atoms with E-state index in [4.69, 9.17) is 9.47 Å².